The number of rotatable bonds is 2. The molecule has 0 fully saturated rings. The van der Waals surface area contributed by atoms with Crippen molar-refractivity contribution in [2.24, 2.45) is 0 Å². The predicted octanol–water partition coefficient (Wildman–Crippen LogP) is 1.20. The minimum absolute atomic E-state index is 0.119. The summed E-state index contributed by atoms with van der Waals surface area (Å²) in [5.41, 5.74) is 5.88. The quantitative estimate of drug-likeness (QED) is 0.777. The van der Waals surface area contributed by atoms with Crippen LogP contribution in [0.2, 0.25) is 0 Å². The summed E-state index contributed by atoms with van der Waals surface area (Å²) in [5, 5.41) is 6.25. The third kappa shape index (κ3) is 1.88. The Balaban J connectivity index is 2.48. The van der Waals surface area contributed by atoms with Crippen LogP contribution in [0.25, 0.3) is 11.4 Å². The van der Waals surface area contributed by atoms with Gasteiger partial charge in [-0.05, 0) is 12.1 Å². The Hall–Kier alpha value is -2.11. The zero-order valence-corrected chi connectivity index (χ0v) is 7.99. The molecule has 3 N–H and O–H groups in total. The van der Waals surface area contributed by atoms with Gasteiger partial charge < -0.3 is 10.5 Å². The number of ether oxygens (including phenoxy) is 1. The Kier molecular flexibility index (Phi) is 2.24. The van der Waals surface area contributed by atoms with Crippen molar-refractivity contribution >= 4 is 5.95 Å². The molecule has 0 unspecified atom stereocenters. The standard InChI is InChI=1S/C9H9FN4O/c1-15-7-3-5(2-6(10)4-7)8-12-9(11)14-13-8/h2-4H,1H3,(H3,11,12,13,14). The van der Waals surface area contributed by atoms with Crippen molar-refractivity contribution in [2.75, 3.05) is 12.8 Å². The Morgan fingerprint density at radius 3 is 2.80 bits per heavy atom. The van der Waals surface area contributed by atoms with Crippen LogP contribution in [-0.2, 0) is 0 Å². The third-order valence-electron chi connectivity index (χ3n) is 1.88. The number of hydrogen-bond acceptors (Lipinski definition) is 4. The fourth-order valence-corrected chi connectivity index (χ4v) is 1.22. The normalized spacial score (nSPS) is 10.3. The average Bonchev–Trinajstić information content (AvgIpc) is 2.64. The van der Waals surface area contributed by atoms with Gasteiger partial charge >= 0.3 is 0 Å². The molecule has 15 heavy (non-hydrogen) atoms. The highest BCUT2D eigenvalue weighted by Gasteiger charge is 2.07. The van der Waals surface area contributed by atoms with Gasteiger partial charge in [-0.2, -0.15) is 4.98 Å². The molecule has 1 heterocycles. The van der Waals surface area contributed by atoms with Crippen molar-refractivity contribution in [2.45, 2.75) is 0 Å². The van der Waals surface area contributed by atoms with Gasteiger partial charge in [-0.3, -0.25) is 5.10 Å². The second-order valence-electron chi connectivity index (χ2n) is 2.92. The number of nitrogens with one attached hydrogen (secondary N) is 1. The van der Waals surface area contributed by atoms with Crippen LogP contribution in [0.15, 0.2) is 18.2 Å². The highest BCUT2D eigenvalue weighted by atomic mass is 19.1. The number of hydrogen-bond donors (Lipinski definition) is 2. The highest BCUT2D eigenvalue weighted by Crippen LogP contribution is 2.22. The number of aromatic nitrogens is 3. The van der Waals surface area contributed by atoms with Gasteiger partial charge in [-0.1, -0.05) is 0 Å². The molecule has 2 aromatic rings. The van der Waals surface area contributed by atoms with Crippen molar-refractivity contribution in [3.8, 4) is 17.1 Å². The molecule has 0 bridgehead atoms. The van der Waals surface area contributed by atoms with Gasteiger partial charge in [-0.15, -0.1) is 5.10 Å². The number of methoxy groups -OCH3 is 1. The molecule has 2 rings (SSSR count). The Morgan fingerprint density at radius 1 is 1.40 bits per heavy atom. The van der Waals surface area contributed by atoms with E-state index in [1.807, 2.05) is 0 Å². The predicted molar refractivity (Wildman–Crippen MR) is 52.7 cm³/mol. The van der Waals surface area contributed by atoms with E-state index in [1.54, 1.807) is 6.07 Å². The van der Waals surface area contributed by atoms with Crippen molar-refractivity contribution < 1.29 is 9.13 Å². The largest absolute Gasteiger partial charge is 0.497 e. The molecule has 78 valence electrons. The molecule has 0 aliphatic heterocycles. The lowest BCUT2D eigenvalue weighted by Gasteiger charge is -2.02. The van der Waals surface area contributed by atoms with E-state index in [1.165, 1.54) is 19.2 Å². The minimum atomic E-state index is -0.403. The molecular formula is C9H9FN4O. The van der Waals surface area contributed by atoms with E-state index in [4.69, 9.17) is 10.5 Å². The maximum Gasteiger partial charge on any atom is 0.239 e. The van der Waals surface area contributed by atoms with Crippen molar-refractivity contribution in [3.05, 3.63) is 24.0 Å². The van der Waals surface area contributed by atoms with E-state index >= 15 is 0 Å². The summed E-state index contributed by atoms with van der Waals surface area (Å²) in [6.45, 7) is 0. The molecule has 1 aromatic carbocycles. The molecule has 0 atom stereocenters. The molecule has 0 saturated carbocycles. The van der Waals surface area contributed by atoms with Crippen LogP contribution < -0.4 is 10.5 Å². The summed E-state index contributed by atoms with van der Waals surface area (Å²) < 4.78 is 18.1. The molecule has 1 aromatic heterocycles. The molecule has 5 nitrogen and oxygen atoms in total. The van der Waals surface area contributed by atoms with Crippen LogP contribution in [0.1, 0.15) is 0 Å². The van der Waals surface area contributed by atoms with E-state index in [2.05, 4.69) is 15.2 Å². The molecule has 0 spiro atoms. The van der Waals surface area contributed by atoms with Crippen LogP contribution in [0.3, 0.4) is 0 Å². The molecule has 0 aliphatic rings. The summed E-state index contributed by atoms with van der Waals surface area (Å²) in [6.07, 6.45) is 0. The zero-order valence-electron chi connectivity index (χ0n) is 7.99. The van der Waals surface area contributed by atoms with Crippen molar-refractivity contribution in [3.63, 3.8) is 0 Å². The number of anilines is 1. The number of aromatic amines is 1. The number of nitrogens with zero attached hydrogens (tertiary/aromatic N) is 2. The number of benzene rings is 1. The van der Waals surface area contributed by atoms with Crippen LogP contribution in [0.4, 0.5) is 10.3 Å². The third-order valence-corrected chi connectivity index (χ3v) is 1.88. The SMILES string of the molecule is COc1cc(F)cc(-c2nc(N)n[nH]2)c1. The van der Waals surface area contributed by atoms with Gasteiger partial charge in [0, 0.05) is 11.6 Å². The fraction of sp³-hybridized carbons (Fsp3) is 0.111. The van der Waals surface area contributed by atoms with Gasteiger partial charge in [0.15, 0.2) is 5.82 Å². The summed E-state index contributed by atoms with van der Waals surface area (Å²) in [5.74, 6) is 0.540. The smallest absolute Gasteiger partial charge is 0.239 e. The number of H-pyrrole nitrogens is 1. The van der Waals surface area contributed by atoms with Gasteiger partial charge in [0.05, 0.1) is 7.11 Å². The molecule has 6 heteroatoms. The van der Waals surface area contributed by atoms with E-state index < -0.39 is 5.82 Å². The van der Waals surface area contributed by atoms with Crippen molar-refractivity contribution in [1.82, 2.24) is 15.2 Å². The van der Waals surface area contributed by atoms with E-state index in [-0.39, 0.29) is 5.95 Å². The van der Waals surface area contributed by atoms with Crippen molar-refractivity contribution in [1.29, 1.82) is 0 Å². The van der Waals surface area contributed by atoms with Gasteiger partial charge in [-0.25, -0.2) is 4.39 Å². The first-order valence-corrected chi connectivity index (χ1v) is 4.22. The molecule has 0 amide bonds. The fourth-order valence-electron chi connectivity index (χ4n) is 1.22. The summed E-state index contributed by atoms with van der Waals surface area (Å²) >= 11 is 0. The summed E-state index contributed by atoms with van der Waals surface area (Å²) in [6, 6.07) is 4.24. The molecule has 0 aliphatic carbocycles. The first kappa shape index (κ1) is 9.45. The number of nitrogen functional groups attached to an aromatic ring is 1. The van der Waals surface area contributed by atoms with Crippen LogP contribution in [0.5, 0.6) is 5.75 Å². The Labute approximate surface area is 85.1 Å². The lowest BCUT2D eigenvalue weighted by Crippen LogP contribution is -1.88. The van der Waals surface area contributed by atoms with Gasteiger partial charge in [0.2, 0.25) is 5.95 Å². The van der Waals surface area contributed by atoms with Gasteiger partial charge in [0.25, 0.3) is 0 Å². The second kappa shape index (κ2) is 3.56. The number of nitrogens with two attached hydrogens (primary N) is 1. The topological polar surface area (TPSA) is 76.8 Å². The van der Waals surface area contributed by atoms with Crippen LogP contribution >= 0.6 is 0 Å². The summed E-state index contributed by atoms with van der Waals surface area (Å²) in [4.78, 5) is 3.89. The molecular weight excluding hydrogens is 199 g/mol. The highest BCUT2D eigenvalue weighted by molar-refractivity contribution is 5.58. The number of halogens is 1. The maximum absolute atomic E-state index is 13.1. The lowest BCUT2D eigenvalue weighted by molar-refractivity contribution is 0.411. The maximum atomic E-state index is 13.1. The monoisotopic (exact) mass is 208 g/mol. The minimum Gasteiger partial charge on any atom is -0.497 e. The Morgan fingerprint density at radius 2 is 2.20 bits per heavy atom. The molecule has 0 saturated heterocycles. The average molecular weight is 208 g/mol. The summed E-state index contributed by atoms with van der Waals surface area (Å²) in [7, 11) is 1.47. The zero-order chi connectivity index (χ0) is 10.8. The first-order chi connectivity index (χ1) is 7.19. The van der Waals surface area contributed by atoms with Crippen LogP contribution in [0, 0.1) is 5.82 Å². The Bertz CT molecular complexity index is 483. The van der Waals surface area contributed by atoms with E-state index in [0.717, 1.165) is 0 Å². The van der Waals surface area contributed by atoms with E-state index in [9.17, 15) is 4.39 Å². The van der Waals surface area contributed by atoms with Crippen LogP contribution in [-0.4, -0.2) is 22.3 Å². The lowest BCUT2D eigenvalue weighted by atomic mass is 10.2. The first-order valence-electron chi connectivity index (χ1n) is 4.22. The van der Waals surface area contributed by atoms with E-state index in [0.29, 0.717) is 17.1 Å². The van der Waals surface area contributed by atoms with Gasteiger partial charge in [0.1, 0.15) is 11.6 Å². The molecule has 0 radical (unpaired) electrons. The second-order valence-corrected chi connectivity index (χ2v) is 2.92.